The third-order valence-corrected chi connectivity index (χ3v) is 2.42. The fourth-order valence-electron chi connectivity index (χ4n) is 0.840. The van der Waals surface area contributed by atoms with Crippen LogP contribution in [0.2, 0.25) is 5.02 Å². The Hall–Kier alpha value is -0.580. The zero-order chi connectivity index (χ0) is 10.7. The maximum Gasteiger partial charge on any atom is 0.241 e. The van der Waals surface area contributed by atoms with Gasteiger partial charge in [-0.3, -0.25) is 4.79 Å². The highest BCUT2D eigenvalue weighted by Gasteiger charge is 2.09. The molecule has 0 unspecified atom stereocenters. The molecule has 1 atom stereocenters. The number of rotatable bonds is 2. The number of hydrogen-bond donors (Lipinski definition) is 2. The van der Waals surface area contributed by atoms with E-state index in [1.165, 1.54) is 0 Å². The minimum Gasteiger partial charge on any atom is -0.323 e. The van der Waals surface area contributed by atoms with E-state index in [1.54, 1.807) is 25.1 Å². The molecule has 3 nitrogen and oxygen atoms in total. The van der Waals surface area contributed by atoms with Crippen molar-refractivity contribution >= 4 is 39.1 Å². The van der Waals surface area contributed by atoms with E-state index in [4.69, 9.17) is 17.3 Å². The molecule has 1 aromatic carbocycles. The van der Waals surface area contributed by atoms with Crippen LogP contribution in [0.5, 0.6) is 0 Å². The molecule has 14 heavy (non-hydrogen) atoms. The van der Waals surface area contributed by atoms with Crippen molar-refractivity contribution in [2.75, 3.05) is 5.32 Å². The van der Waals surface area contributed by atoms with Crippen molar-refractivity contribution in [3.63, 3.8) is 0 Å². The Morgan fingerprint density at radius 3 is 2.86 bits per heavy atom. The minimum absolute atomic E-state index is 0.259. The van der Waals surface area contributed by atoms with Gasteiger partial charge in [0.1, 0.15) is 0 Å². The summed E-state index contributed by atoms with van der Waals surface area (Å²) in [6.45, 7) is 1.61. The Kier molecular flexibility index (Phi) is 3.92. The first-order chi connectivity index (χ1) is 6.50. The molecule has 0 aliphatic rings. The predicted octanol–water partition coefficient (Wildman–Crippen LogP) is 2.39. The number of nitrogens with one attached hydrogen (secondary N) is 1. The molecular weight excluding hydrogens is 267 g/mol. The first-order valence-electron chi connectivity index (χ1n) is 4.02. The molecule has 0 aliphatic heterocycles. The van der Waals surface area contributed by atoms with Gasteiger partial charge in [0.15, 0.2) is 0 Å². The van der Waals surface area contributed by atoms with Crippen molar-refractivity contribution in [3.8, 4) is 0 Å². The van der Waals surface area contributed by atoms with Crippen LogP contribution in [-0.2, 0) is 4.79 Å². The Morgan fingerprint density at radius 2 is 2.29 bits per heavy atom. The molecule has 0 saturated carbocycles. The largest absolute Gasteiger partial charge is 0.323 e. The van der Waals surface area contributed by atoms with Crippen LogP contribution in [0, 0.1) is 0 Å². The second-order valence-electron chi connectivity index (χ2n) is 2.90. The van der Waals surface area contributed by atoms with Gasteiger partial charge in [0.2, 0.25) is 5.91 Å². The zero-order valence-electron chi connectivity index (χ0n) is 7.55. The van der Waals surface area contributed by atoms with Crippen LogP contribution in [0.1, 0.15) is 6.92 Å². The summed E-state index contributed by atoms with van der Waals surface area (Å²) < 4.78 is 0.849. The molecule has 1 rings (SSSR count). The van der Waals surface area contributed by atoms with Gasteiger partial charge >= 0.3 is 0 Å². The van der Waals surface area contributed by atoms with Crippen LogP contribution in [0.15, 0.2) is 22.7 Å². The molecule has 3 N–H and O–H groups in total. The van der Waals surface area contributed by atoms with Gasteiger partial charge in [-0.15, -0.1) is 0 Å². The van der Waals surface area contributed by atoms with Crippen LogP contribution in [-0.4, -0.2) is 11.9 Å². The third-order valence-electron chi connectivity index (χ3n) is 1.60. The second-order valence-corrected chi connectivity index (χ2v) is 4.22. The van der Waals surface area contributed by atoms with E-state index in [0.29, 0.717) is 10.7 Å². The molecule has 0 fully saturated rings. The van der Waals surface area contributed by atoms with Crippen molar-refractivity contribution in [3.05, 3.63) is 27.7 Å². The predicted molar refractivity (Wildman–Crippen MR) is 61.4 cm³/mol. The monoisotopic (exact) mass is 276 g/mol. The summed E-state index contributed by atoms with van der Waals surface area (Å²) >= 11 is 9.15. The Balaban J connectivity index is 2.86. The second kappa shape index (κ2) is 4.77. The summed E-state index contributed by atoms with van der Waals surface area (Å²) in [7, 11) is 0. The Bertz CT molecular complexity index is 355. The number of hydrogen-bond acceptors (Lipinski definition) is 2. The Morgan fingerprint density at radius 1 is 1.64 bits per heavy atom. The summed E-state index contributed by atoms with van der Waals surface area (Å²) in [5, 5.41) is 3.11. The summed E-state index contributed by atoms with van der Waals surface area (Å²) in [5.41, 5.74) is 5.96. The number of benzene rings is 1. The molecule has 0 heterocycles. The lowest BCUT2D eigenvalue weighted by Gasteiger charge is -2.09. The molecule has 1 amide bonds. The van der Waals surface area contributed by atoms with Gasteiger partial charge < -0.3 is 11.1 Å². The molecule has 0 radical (unpaired) electrons. The van der Waals surface area contributed by atoms with Crippen molar-refractivity contribution in [1.29, 1.82) is 0 Å². The molecular formula is C9H10BrClN2O. The van der Waals surface area contributed by atoms with Gasteiger partial charge in [-0.05, 0) is 25.1 Å². The molecule has 0 aromatic heterocycles. The lowest BCUT2D eigenvalue weighted by atomic mass is 10.3. The topological polar surface area (TPSA) is 55.1 Å². The maximum absolute atomic E-state index is 11.3. The van der Waals surface area contributed by atoms with Crippen LogP contribution in [0.25, 0.3) is 0 Å². The molecule has 0 saturated heterocycles. The molecule has 5 heteroatoms. The van der Waals surface area contributed by atoms with Crippen molar-refractivity contribution in [2.24, 2.45) is 5.73 Å². The van der Waals surface area contributed by atoms with E-state index in [2.05, 4.69) is 21.2 Å². The van der Waals surface area contributed by atoms with Gasteiger partial charge in [-0.1, -0.05) is 27.5 Å². The summed E-state index contributed by atoms with van der Waals surface area (Å²) in [5.74, 6) is -0.259. The van der Waals surface area contributed by atoms with Gasteiger partial charge in [0.25, 0.3) is 0 Å². The number of amides is 1. The normalized spacial score (nSPS) is 12.3. The highest BCUT2D eigenvalue weighted by Crippen LogP contribution is 2.25. The molecule has 0 aliphatic carbocycles. The van der Waals surface area contributed by atoms with Crippen molar-refractivity contribution in [1.82, 2.24) is 0 Å². The highest BCUT2D eigenvalue weighted by molar-refractivity contribution is 9.10. The molecule has 1 aromatic rings. The SMILES string of the molecule is C[C@H](N)C(=O)Nc1cc(Br)ccc1Cl. The number of carbonyl (C=O) groups is 1. The number of nitrogens with two attached hydrogens (primary N) is 1. The van der Waals surface area contributed by atoms with Crippen molar-refractivity contribution in [2.45, 2.75) is 13.0 Å². The number of anilines is 1. The first kappa shape index (κ1) is 11.5. The van der Waals surface area contributed by atoms with E-state index >= 15 is 0 Å². The lowest BCUT2D eigenvalue weighted by molar-refractivity contribution is -0.117. The summed E-state index contributed by atoms with van der Waals surface area (Å²) in [4.78, 5) is 11.3. The zero-order valence-corrected chi connectivity index (χ0v) is 9.89. The van der Waals surface area contributed by atoms with Crippen molar-refractivity contribution < 1.29 is 4.79 Å². The van der Waals surface area contributed by atoms with Gasteiger partial charge in [0.05, 0.1) is 16.8 Å². The van der Waals surface area contributed by atoms with Gasteiger partial charge in [0, 0.05) is 4.47 Å². The summed E-state index contributed by atoms with van der Waals surface area (Å²) in [6.07, 6.45) is 0. The van der Waals surface area contributed by atoms with E-state index in [1.807, 2.05) is 0 Å². The average Bonchev–Trinajstić information content (AvgIpc) is 2.11. The van der Waals surface area contributed by atoms with E-state index in [9.17, 15) is 4.79 Å². The van der Waals surface area contributed by atoms with Crippen LogP contribution in [0.3, 0.4) is 0 Å². The maximum atomic E-state index is 11.3. The molecule has 0 bridgehead atoms. The quantitative estimate of drug-likeness (QED) is 0.872. The summed E-state index contributed by atoms with van der Waals surface area (Å²) in [6, 6.07) is 4.67. The van der Waals surface area contributed by atoms with Crippen LogP contribution < -0.4 is 11.1 Å². The van der Waals surface area contributed by atoms with E-state index < -0.39 is 6.04 Å². The fourth-order valence-corrected chi connectivity index (χ4v) is 1.37. The average molecular weight is 278 g/mol. The molecule has 76 valence electrons. The third kappa shape index (κ3) is 2.97. The van der Waals surface area contributed by atoms with Crippen LogP contribution in [0.4, 0.5) is 5.69 Å². The molecule has 0 spiro atoms. The minimum atomic E-state index is -0.551. The number of halogens is 2. The first-order valence-corrected chi connectivity index (χ1v) is 5.19. The standard InChI is InChI=1S/C9H10BrClN2O/c1-5(12)9(14)13-8-4-6(10)2-3-7(8)11/h2-5H,12H2,1H3,(H,13,14)/t5-/m0/s1. The van der Waals surface area contributed by atoms with E-state index in [-0.39, 0.29) is 5.91 Å². The van der Waals surface area contributed by atoms with Gasteiger partial charge in [-0.25, -0.2) is 0 Å². The van der Waals surface area contributed by atoms with Crippen LogP contribution >= 0.6 is 27.5 Å². The lowest BCUT2D eigenvalue weighted by Crippen LogP contribution is -2.32. The smallest absolute Gasteiger partial charge is 0.241 e. The highest BCUT2D eigenvalue weighted by atomic mass is 79.9. The van der Waals surface area contributed by atoms with E-state index in [0.717, 1.165) is 4.47 Å². The Labute approximate surface area is 95.7 Å². The van der Waals surface area contributed by atoms with Gasteiger partial charge in [-0.2, -0.15) is 0 Å². The fraction of sp³-hybridized carbons (Fsp3) is 0.222. The number of carbonyl (C=O) groups excluding carboxylic acids is 1.